The average molecular weight is 163 g/mol. The smallest absolute Gasteiger partial charge is 0.252 e. The van der Waals surface area contributed by atoms with Crippen molar-refractivity contribution in [2.75, 3.05) is 0 Å². The fraction of sp³-hybridized carbons (Fsp3) is 0.286. The van der Waals surface area contributed by atoms with Crippen LogP contribution in [0.15, 0.2) is 12.5 Å². The molecule has 0 saturated heterocycles. The van der Waals surface area contributed by atoms with E-state index in [1.807, 2.05) is 6.92 Å². The molecule has 0 amide bonds. The normalized spacial score (nSPS) is 10.8. The summed E-state index contributed by atoms with van der Waals surface area (Å²) in [5.74, 6) is 0.615. The van der Waals surface area contributed by atoms with Gasteiger partial charge in [-0.25, -0.2) is 9.50 Å². The molecule has 0 atom stereocenters. The van der Waals surface area contributed by atoms with Crippen molar-refractivity contribution in [3.8, 4) is 0 Å². The van der Waals surface area contributed by atoms with Crippen molar-refractivity contribution in [3.05, 3.63) is 23.8 Å². The van der Waals surface area contributed by atoms with Crippen LogP contribution in [0.25, 0.3) is 5.78 Å². The summed E-state index contributed by atoms with van der Waals surface area (Å²) in [6, 6.07) is 0. The summed E-state index contributed by atoms with van der Waals surface area (Å²) < 4.78 is 1.68. The van der Waals surface area contributed by atoms with Crippen LogP contribution in [-0.4, -0.2) is 19.6 Å². The minimum atomic E-state index is 0.481. The molecular formula is C7H9N5. The SMILES string of the molecule is Cc1c(CN)cnc2ncnn12. The quantitative estimate of drug-likeness (QED) is 0.637. The second kappa shape index (κ2) is 2.53. The van der Waals surface area contributed by atoms with Crippen molar-refractivity contribution in [2.45, 2.75) is 13.5 Å². The lowest BCUT2D eigenvalue weighted by Crippen LogP contribution is -2.05. The summed E-state index contributed by atoms with van der Waals surface area (Å²) in [6.07, 6.45) is 3.22. The van der Waals surface area contributed by atoms with E-state index >= 15 is 0 Å². The first-order valence-electron chi connectivity index (χ1n) is 3.67. The molecule has 2 N–H and O–H groups in total. The van der Waals surface area contributed by atoms with Gasteiger partial charge in [0, 0.05) is 24.0 Å². The van der Waals surface area contributed by atoms with Crippen LogP contribution in [0.3, 0.4) is 0 Å². The van der Waals surface area contributed by atoms with E-state index in [4.69, 9.17) is 5.73 Å². The van der Waals surface area contributed by atoms with Crippen LogP contribution in [0, 0.1) is 6.92 Å². The summed E-state index contributed by atoms with van der Waals surface area (Å²) in [6.45, 7) is 2.43. The van der Waals surface area contributed by atoms with Gasteiger partial charge >= 0.3 is 0 Å². The van der Waals surface area contributed by atoms with Gasteiger partial charge in [0.15, 0.2) is 0 Å². The molecule has 0 aromatic carbocycles. The molecule has 0 radical (unpaired) electrons. The number of aryl methyl sites for hydroxylation is 1. The molecule has 0 saturated carbocycles. The topological polar surface area (TPSA) is 69.1 Å². The van der Waals surface area contributed by atoms with E-state index in [1.165, 1.54) is 6.33 Å². The molecule has 0 spiro atoms. The lowest BCUT2D eigenvalue weighted by Gasteiger charge is -2.02. The van der Waals surface area contributed by atoms with Crippen LogP contribution in [0.2, 0.25) is 0 Å². The van der Waals surface area contributed by atoms with Crippen LogP contribution in [0.1, 0.15) is 11.3 Å². The van der Waals surface area contributed by atoms with E-state index in [-0.39, 0.29) is 0 Å². The minimum Gasteiger partial charge on any atom is -0.326 e. The van der Waals surface area contributed by atoms with Gasteiger partial charge in [-0.3, -0.25) is 0 Å². The largest absolute Gasteiger partial charge is 0.326 e. The molecule has 5 heteroatoms. The van der Waals surface area contributed by atoms with Gasteiger partial charge in [0.1, 0.15) is 6.33 Å². The van der Waals surface area contributed by atoms with Crippen molar-refractivity contribution >= 4 is 5.78 Å². The van der Waals surface area contributed by atoms with E-state index < -0.39 is 0 Å². The zero-order chi connectivity index (χ0) is 8.55. The Morgan fingerprint density at radius 1 is 1.50 bits per heavy atom. The Kier molecular flexibility index (Phi) is 1.51. The molecule has 0 fully saturated rings. The maximum absolute atomic E-state index is 5.51. The highest BCUT2D eigenvalue weighted by molar-refractivity contribution is 5.30. The third kappa shape index (κ3) is 0.868. The van der Waals surface area contributed by atoms with Gasteiger partial charge in [0.25, 0.3) is 5.78 Å². The molecule has 2 rings (SSSR count). The maximum atomic E-state index is 5.51. The van der Waals surface area contributed by atoms with Gasteiger partial charge < -0.3 is 5.73 Å². The Labute approximate surface area is 69.2 Å². The Morgan fingerprint density at radius 2 is 2.33 bits per heavy atom. The van der Waals surface area contributed by atoms with E-state index in [9.17, 15) is 0 Å². The Hall–Kier alpha value is -1.49. The molecule has 0 bridgehead atoms. The van der Waals surface area contributed by atoms with Crippen molar-refractivity contribution in [1.82, 2.24) is 19.6 Å². The van der Waals surface area contributed by atoms with Crippen LogP contribution in [0.5, 0.6) is 0 Å². The van der Waals surface area contributed by atoms with Crippen molar-refractivity contribution in [1.29, 1.82) is 0 Å². The lowest BCUT2D eigenvalue weighted by atomic mass is 10.2. The molecule has 62 valence electrons. The highest BCUT2D eigenvalue weighted by Crippen LogP contribution is 2.05. The Bertz CT molecular complexity index is 405. The second-order valence-electron chi connectivity index (χ2n) is 2.54. The number of hydrogen-bond acceptors (Lipinski definition) is 4. The van der Waals surface area contributed by atoms with E-state index in [0.717, 1.165) is 11.3 Å². The summed E-state index contributed by atoms with van der Waals surface area (Å²) in [4.78, 5) is 8.04. The maximum Gasteiger partial charge on any atom is 0.252 e. The summed E-state index contributed by atoms with van der Waals surface area (Å²) in [5, 5.41) is 4.01. The van der Waals surface area contributed by atoms with Gasteiger partial charge in [-0.15, -0.1) is 0 Å². The molecule has 2 aromatic rings. The molecule has 2 heterocycles. The molecule has 0 unspecified atom stereocenters. The number of aromatic nitrogens is 4. The first-order chi connectivity index (χ1) is 5.83. The summed E-state index contributed by atoms with van der Waals surface area (Å²) >= 11 is 0. The van der Waals surface area contributed by atoms with Gasteiger partial charge in [-0.2, -0.15) is 10.1 Å². The fourth-order valence-electron chi connectivity index (χ4n) is 1.13. The van der Waals surface area contributed by atoms with Crippen LogP contribution in [0.4, 0.5) is 0 Å². The number of nitrogens with two attached hydrogens (primary N) is 1. The summed E-state index contributed by atoms with van der Waals surface area (Å²) in [5.41, 5.74) is 7.50. The zero-order valence-electron chi connectivity index (χ0n) is 6.73. The molecule has 0 aliphatic rings. The first kappa shape index (κ1) is 7.17. The third-order valence-electron chi connectivity index (χ3n) is 1.87. The second-order valence-corrected chi connectivity index (χ2v) is 2.54. The first-order valence-corrected chi connectivity index (χ1v) is 3.67. The third-order valence-corrected chi connectivity index (χ3v) is 1.87. The predicted octanol–water partition coefficient (Wildman–Crippen LogP) is -0.109. The Balaban J connectivity index is 2.78. The van der Waals surface area contributed by atoms with Crippen LogP contribution >= 0.6 is 0 Å². The van der Waals surface area contributed by atoms with Crippen LogP contribution in [-0.2, 0) is 6.54 Å². The average Bonchev–Trinajstić information content (AvgIpc) is 2.53. The molecule has 12 heavy (non-hydrogen) atoms. The standard InChI is InChI=1S/C7H9N5/c1-5-6(2-8)3-9-7-10-4-11-12(5)7/h3-4H,2,8H2,1H3. The molecule has 0 aliphatic heterocycles. The number of hydrogen-bond donors (Lipinski definition) is 1. The lowest BCUT2D eigenvalue weighted by molar-refractivity contribution is 0.856. The van der Waals surface area contributed by atoms with E-state index in [1.54, 1.807) is 10.7 Å². The number of nitrogens with zero attached hydrogens (tertiary/aromatic N) is 4. The number of rotatable bonds is 1. The molecule has 0 aliphatic carbocycles. The zero-order valence-corrected chi connectivity index (χ0v) is 6.73. The summed E-state index contributed by atoms with van der Waals surface area (Å²) in [7, 11) is 0. The van der Waals surface area contributed by atoms with Crippen LogP contribution < -0.4 is 5.73 Å². The van der Waals surface area contributed by atoms with Gasteiger partial charge in [-0.05, 0) is 6.92 Å². The van der Waals surface area contributed by atoms with Crippen molar-refractivity contribution < 1.29 is 0 Å². The minimum absolute atomic E-state index is 0.481. The molecule has 2 aromatic heterocycles. The Morgan fingerprint density at radius 3 is 3.08 bits per heavy atom. The fourth-order valence-corrected chi connectivity index (χ4v) is 1.13. The van der Waals surface area contributed by atoms with E-state index in [2.05, 4.69) is 15.1 Å². The monoisotopic (exact) mass is 163 g/mol. The number of fused-ring (bicyclic) bond motifs is 1. The predicted molar refractivity (Wildman–Crippen MR) is 43.4 cm³/mol. The van der Waals surface area contributed by atoms with E-state index in [0.29, 0.717) is 12.3 Å². The van der Waals surface area contributed by atoms with Gasteiger partial charge in [0.2, 0.25) is 0 Å². The molecular weight excluding hydrogens is 154 g/mol. The van der Waals surface area contributed by atoms with Gasteiger partial charge in [-0.1, -0.05) is 0 Å². The van der Waals surface area contributed by atoms with Gasteiger partial charge in [0.05, 0.1) is 0 Å². The highest BCUT2D eigenvalue weighted by Gasteiger charge is 2.03. The highest BCUT2D eigenvalue weighted by atomic mass is 15.3. The van der Waals surface area contributed by atoms with Crippen molar-refractivity contribution in [3.63, 3.8) is 0 Å². The molecule has 5 nitrogen and oxygen atoms in total. The van der Waals surface area contributed by atoms with Crippen molar-refractivity contribution in [2.24, 2.45) is 5.73 Å².